The van der Waals surface area contributed by atoms with E-state index in [-0.39, 0.29) is 23.9 Å². The summed E-state index contributed by atoms with van der Waals surface area (Å²) < 4.78 is 83.7. The number of hydrogen-bond donors (Lipinski definition) is 0. The molecule has 0 aliphatic rings. The second-order valence-corrected chi connectivity index (χ2v) is 10.4. The summed E-state index contributed by atoms with van der Waals surface area (Å²) >= 11 is 0. The highest BCUT2D eigenvalue weighted by atomic mass is 32.2. The van der Waals surface area contributed by atoms with E-state index in [1.807, 2.05) is 62.4 Å². The molecule has 0 radical (unpaired) electrons. The van der Waals surface area contributed by atoms with Crippen molar-refractivity contribution in [3.63, 3.8) is 0 Å². The van der Waals surface area contributed by atoms with Crippen molar-refractivity contribution in [1.29, 1.82) is 0 Å². The monoisotopic (exact) mass is 513 g/mol. The first-order chi connectivity index (χ1) is 16.5. The van der Waals surface area contributed by atoms with Gasteiger partial charge in [0.2, 0.25) is 0 Å². The van der Waals surface area contributed by atoms with Crippen molar-refractivity contribution in [2.75, 3.05) is 6.61 Å². The van der Waals surface area contributed by atoms with Gasteiger partial charge in [0, 0.05) is 18.6 Å². The Morgan fingerprint density at radius 2 is 1.26 bits per heavy atom. The van der Waals surface area contributed by atoms with Crippen LogP contribution < -0.4 is 4.74 Å². The molecule has 0 bridgehead atoms. The third-order valence-electron chi connectivity index (χ3n) is 5.37. The molecule has 0 aliphatic carbocycles. The van der Waals surface area contributed by atoms with E-state index in [4.69, 9.17) is 4.74 Å². The molecule has 0 saturated heterocycles. The van der Waals surface area contributed by atoms with Crippen molar-refractivity contribution in [3.8, 4) is 5.75 Å². The van der Waals surface area contributed by atoms with Gasteiger partial charge in [0.15, 0.2) is 14.7 Å². The predicted octanol–water partition coefficient (Wildman–Crippen LogP) is 8.48. The van der Waals surface area contributed by atoms with E-state index in [2.05, 4.69) is 24.3 Å². The number of alkyl halides is 6. The molecule has 3 rings (SSSR count). The average molecular weight is 514 g/mol. The fourth-order valence-electron chi connectivity index (χ4n) is 3.79. The van der Waals surface area contributed by atoms with Crippen LogP contribution in [0.3, 0.4) is 0 Å². The Kier molecular flexibility index (Phi) is 8.80. The SMILES string of the molecule is Cc1cc([S+](c2ccccc2)c2ccccc2)cc(C)c1OCCCC(F)(F)CC(F)(F)C(F)F. The zero-order valence-electron chi connectivity index (χ0n) is 19.4. The molecule has 0 fully saturated rings. The van der Waals surface area contributed by atoms with Gasteiger partial charge >= 0.3 is 12.3 Å². The van der Waals surface area contributed by atoms with Crippen LogP contribution in [0.25, 0.3) is 0 Å². The second-order valence-electron chi connectivity index (χ2n) is 8.36. The molecular weight excluding hydrogens is 486 g/mol. The highest BCUT2D eigenvalue weighted by molar-refractivity contribution is 7.97. The van der Waals surface area contributed by atoms with Gasteiger partial charge in [0.05, 0.1) is 23.9 Å². The van der Waals surface area contributed by atoms with E-state index in [0.717, 1.165) is 25.8 Å². The standard InChI is InChI=1S/C27H27F6OS/c1-19-16-23(35(21-10-5-3-6-11-21)22-12-7-4-8-13-22)17-20(2)24(19)34-15-9-14-26(30,31)18-27(32,33)25(28)29/h3-8,10-13,16-17,25H,9,14-15,18H2,1-2H3/q+1. The maximum atomic E-state index is 13.8. The number of rotatable bonds is 11. The molecule has 1 nitrogen and oxygen atoms in total. The van der Waals surface area contributed by atoms with Crippen molar-refractivity contribution >= 4 is 10.9 Å². The van der Waals surface area contributed by atoms with E-state index >= 15 is 0 Å². The third kappa shape index (κ3) is 7.19. The molecule has 3 aromatic rings. The number of aryl methyl sites for hydroxylation is 2. The van der Waals surface area contributed by atoms with Gasteiger partial charge < -0.3 is 4.74 Å². The minimum Gasteiger partial charge on any atom is -0.493 e. The summed E-state index contributed by atoms with van der Waals surface area (Å²) in [6, 6.07) is 24.2. The first kappa shape index (κ1) is 27.0. The lowest BCUT2D eigenvalue weighted by Gasteiger charge is -2.22. The highest BCUT2D eigenvalue weighted by Crippen LogP contribution is 2.38. The Morgan fingerprint density at radius 1 is 0.771 bits per heavy atom. The van der Waals surface area contributed by atoms with Gasteiger partial charge in [-0.25, -0.2) is 26.3 Å². The smallest absolute Gasteiger partial charge is 0.313 e. The van der Waals surface area contributed by atoms with E-state index in [1.54, 1.807) is 0 Å². The lowest BCUT2D eigenvalue weighted by molar-refractivity contribution is -0.181. The van der Waals surface area contributed by atoms with Crippen LogP contribution in [0.1, 0.15) is 30.4 Å². The fraction of sp³-hybridized carbons (Fsp3) is 0.333. The van der Waals surface area contributed by atoms with E-state index < -0.39 is 31.1 Å². The summed E-state index contributed by atoms with van der Waals surface area (Å²) in [6.45, 7) is 3.59. The molecule has 0 aliphatic heterocycles. The second kappa shape index (κ2) is 11.4. The summed E-state index contributed by atoms with van der Waals surface area (Å²) in [5.74, 6) is -8.08. The molecule has 3 aromatic carbocycles. The van der Waals surface area contributed by atoms with Crippen LogP contribution in [0.15, 0.2) is 87.5 Å². The largest absolute Gasteiger partial charge is 0.493 e. The van der Waals surface area contributed by atoms with Crippen LogP contribution >= 0.6 is 0 Å². The van der Waals surface area contributed by atoms with Gasteiger partial charge in [-0.15, -0.1) is 0 Å². The van der Waals surface area contributed by atoms with Crippen molar-refractivity contribution in [2.24, 2.45) is 0 Å². The van der Waals surface area contributed by atoms with Crippen LogP contribution in [0, 0.1) is 13.8 Å². The first-order valence-corrected chi connectivity index (χ1v) is 12.3. The molecular formula is C27H27F6OS+. The number of ether oxygens (including phenoxy) is 1. The molecule has 35 heavy (non-hydrogen) atoms. The van der Waals surface area contributed by atoms with Crippen LogP contribution in [-0.2, 0) is 10.9 Å². The number of halogens is 6. The molecule has 0 unspecified atom stereocenters. The quantitative estimate of drug-likeness (QED) is 0.142. The minimum absolute atomic E-state index is 0.139. The molecule has 0 spiro atoms. The van der Waals surface area contributed by atoms with Gasteiger partial charge in [-0.1, -0.05) is 36.4 Å². The van der Waals surface area contributed by atoms with Gasteiger partial charge in [0.1, 0.15) is 5.75 Å². The molecule has 0 atom stereocenters. The van der Waals surface area contributed by atoms with Crippen molar-refractivity contribution < 1.29 is 31.1 Å². The van der Waals surface area contributed by atoms with Crippen LogP contribution in [-0.4, -0.2) is 24.9 Å². The van der Waals surface area contributed by atoms with Crippen molar-refractivity contribution in [2.45, 2.75) is 66.1 Å². The van der Waals surface area contributed by atoms with Gasteiger partial charge in [-0.3, -0.25) is 0 Å². The molecule has 0 heterocycles. The zero-order chi connectivity index (χ0) is 25.6. The number of hydrogen-bond acceptors (Lipinski definition) is 1. The molecule has 188 valence electrons. The fourth-order valence-corrected chi connectivity index (χ4v) is 6.06. The Labute approximate surface area is 204 Å². The normalized spacial score (nSPS) is 12.4. The van der Waals surface area contributed by atoms with Crippen molar-refractivity contribution in [3.05, 3.63) is 83.9 Å². The molecule has 0 aromatic heterocycles. The topological polar surface area (TPSA) is 9.23 Å². The maximum absolute atomic E-state index is 13.8. The molecule has 8 heteroatoms. The predicted molar refractivity (Wildman–Crippen MR) is 126 cm³/mol. The van der Waals surface area contributed by atoms with E-state index in [1.165, 1.54) is 0 Å². The minimum atomic E-state index is -4.72. The van der Waals surface area contributed by atoms with E-state index in [9.17, 15) is 26.3 Å². The Balaban J connectivity index is 1.73. The summed E-state index contributed by atoms with van der Waals surface area (Å²) in [7, 11) is -0.363. The van der Waals surface area contributed by atoms with Gasteiger partial charge in [-0.05, 0) is 55.7 Å². The van der Waals surface area contributed by atoms with E-state index in [0.29, 0.717) is 5.75 Å². The lowest BCUT2D eigenvalue weighted by Crippen LogP contribution is -2.35. The molecule has 0 N–H and O–H groups in total. The Hall–Kier alpha value is -2.61. The van der Waals surface area contributed by atoms with Crippen LogP contribution in [0.4, 0.5) is 26.3 Å². The summed E-state index contributed by atoms with van der Waals surface area (Å²) in [6.07, 6.45) is -7.50. The summed E-state index contributed by atoms with van der Waals surface area (Å²) in [4.78, 5) is 3.37. The first-order valence-electron chi connectivity index (χ1n) is 11.1. The summed E-state index contributed by atoms with van der Waals surface area (Å²) in [5, 5.41) is 0. The lowest BCUT2D eigenvalue weighted by atomic mass is 10.1. The number of benzene rings is 3. The zero-order valence-corrected chi connectivity index (χ0v) is 20.2. The molecule has 0 saturated carbocycles. The molecule has 0 amide bonds. The van der Waals surface area contributed by atoms with Crippen molar-refractivity contribution in [1.82, 2.24) is 0 Å². The maximum Gasteiger partial charge on any atom is 0.313 e. The average Bonchev–Trinajstić information content (AvgIpc) is 2.79. The Bertz CT molecular complexity index is 1030. The van der Waals surface area contributed by atoms with Gasteiger partial charge in [-0.2, -0.15) is 0 Å². The van der Waals surface area contributed by atoms with Crippen LogP contribution in [0.2, 0.25) is 0 Å². The highest BCUT2D eigenvalue weighted by Gasteiger charge is 2.49. The Morgan fingerprint density at radius 3 is 1.71 bits per heavy atom. The third-order valence-corrected chi connectivity index (χ3v) is 7.57. The van der Waals surface area contributed by atoms with Gasteiger partial charge in [0.25, 0.3) is 5.92 Å². The summed E-state index contributed by atoms with van der Waals surface area (Å²) in [5.41, 5.74) is 1.64. The van der Waals surface area contributed by atoms with Crippen LogP contribution in [0.5, 0.6) is 5.75 Å².